The number of amides is 2. The van der Waals surface area contributed by atoms with Crippen molar-refractivity contribution in [2.24, 2.45) is 0 Å². The van der Waals surface area contributed by atoms with E-state index in [9.17, 15) is 44.7 Å². The number of carbonyl (C=O) groups excluding carboxylic acids is 2. The zero-order valence-electron chi connectivity index (χ0n) is 18.1. The maximum Gasteiger partial charge on any atom is 0.416 e. The number of rotatable bonds is 6. The molecule has 0 unspecified atom stereocenters. The van der Waals surface area contributed by atoms with Crippen LogP contribution in [0.1, 0.15) is 27.0 Å². The van der Waals surface area contributed by atoms with E-state index in [1.165, 1.54) is 0 Å². The number of nitrogens with one attached hydrogen (secondary N) is 1. The van der Waals surface area contributed by atoms with Crippen LogP contribution in [0.3, 0.4) is 0 Å². The number of halogens is 8. The van der Waals surface area contributed by atoms with E-state index in [-0.39, 0.29) is 11.3 Å². The van der Waals surface area contributed by atoms with Gasteiger partial charge in [-0.1, -0.05) is 12.1 Å². The zero-order chi connectivity index (χ0) is 26.7. The van der Waals surface area contributed by atoms with Gasteiger partial charge in [0.05, 0.1) is 11.1 Å². The lowest BCUT2D eigenvalue weighted by atomic mass is 10.1. The van der Waals surface area contributed by atoms with Gasteiger partial charge >= 0.3 is 12.4 Å². The Morgan fingerprint density at radius 3 is 1.89 bits per heavy atom. The van der Waals surface area contributed by atoms with Gasteiger partial charge in [0.2, 0.25) is 5.91 Å². The highest BCUT2D eigenvalue weighted by molar-refractivity contribution is 5.99. The Morgan fingerprint density at radius 2 is 1.31 bits per heavy atom. The van der Waals surface area contributed by atoms with E-state index in [4.69, 9.17) is 0 Å². The predicted molar refractivity (Wildman–Crippen MR) is 113 cm³/mol. The van der Waals surface area contributed by atoms with Gasteiger partial charge < -0.3 is 10.2 Å². The van der Waals surface area contributed by atoms with Crippen LogP contribution in [0.4, 0.5) is 40.8 Å². The second-order valence-electron chi connectivity index (χ2n) is 7.64. The quantitative estimate of drug-likeness (QED) is 0.392. The molecule has 0 fully saturated rings. The van der Waals surface area contributed by atoms with E-state index in [0.717, 1.165) is 48.5 Å². The van der Waals surface area contributed by atoms with Crippen LogP contribution in [-0.2, 0) is 23.7 Å². The van der Waals surface area contributed by atoms with Crippen LogP contribution in [0, 0.1) is 11.6 Å². The average molecular weight is 516 g/mol. The molecule has 0 radical (unpaired) electrons. The molecule has 1 N–H and O–H groups in total. The molecule has 0 spiro atoms. The van der Waals surface area contributed by atoms with E-state index < -0.39 is 65.6 Å². The normalized spacial score (nSPS) is 11.8. The molecule has 3 rings (SSSR count). The summed E-state index contributed by atoms with van der Waals surface area (Å²) in [6.07, 6.45) is -9.46. The zero-order valence-corrected chi connectivity index (χ0v) is 18.1. The Balaban J connectivity index is 1.89. The maximum absolute atomic E-state index is 13.6. The molecule has 3 aromatic rings. The van der Waals surface area contributed by atoms with Crippen molar-refractivity contribution in [2.45, 2.75) is 18.9 Å². The minimum Gasteiger partial charge on any atom is -0.325 e. The van der Waals surface area contributed by atoms with Crippen LogP contribution in [0.15, 0.2) is 66.7 Å². The lowest BCUT2D eigenvalue weighted by Crippen LogP contribution is -2.37. The SMILES string of the molecule is O=C(CN(Cc1cc(F)cc(F)c1)C(=O)c1cccc(C(F)(F)F)c1)Nc1cccc(C(F)(F)F)c1. The molecule has 0 aliphatic carbocycles. The molecule has 0 bridgehead atoms. The summed E-state index contributed by atoms with van der Waals surface area (Å²) in [5.41, 5.74) is -3.02. The molecule has 0 saturated heterocycles. The smallest absolute Gasteiger partial charge is 0.325 e. The molecular weight excluding hydrogens is 500 g/mol. The fraction of sp³-hybridized carbons (Fsp3) is 0.167. The largest absolute Gasteiger partial charge is 0.416 e. The van der Waals surface area contributed by atoms with Gasteiger partial charge in [-0.05, 0) is 54.1 Å². The lowest BCUT2D eigenvalue weighted by molar-refractivity contribution is -0.138. The van der Waals surface area contributed by atoms with Crippen LogP contribution in [0.2, 0.25) is 0 Å². The summed E-state index contributed by atoms with van der Waals surface area (Å²) in [5.74, 6) is -4.06. The first kappa shape index (κ1) is 26.6. The number of carbonyl (C=O) groups is 2. The Bertz CT molecular complexity index is 1250. The van der Waals surface area contributed by atoms with Crippen LogP contribution < -0.4 is 5.32 Å². The molecule has 0 aliphatic heterocycles. The summed E-state index contributed by atoms with van der Waals surface area (Å²) in [6.45, 7) is -1.43. The molecular formula is C24H16F8N2O2. The molecule has 0 atom stereocenters. The van der Waals surface area contributed by atoms with Gasteiger partial charge in [0.15, 0.2) is 0 Å². The predicted octanol–water partition coefficient (Wildman–Crippen LogP) is 6.28. The Hall–Kier alpha value is -3.96. The van der Waals surface area contributed by atoms with E-state index in [1.807, 2.05) is 0 Å². The summed E-state index contributed by atoms with van der Waals surface area (Å²) in [7, 11) is 0. The minimum atomic E-state index is -4.77. The number of anilines is 1. The molecule has 0 aliphatic rings. The number of hydrogen-bond donors (Lipinski definition) is 1. The van der Waals surface area contributed by atoms with E-state index in [1.54, 1.807) is 0 Å². The second kappa shape index (κ2) is 10.3. The van der Waals surface area contributed by atoms with Gasteiger partial charge in [-0.2, -0.15) is 26.3 Å². The monoisotopic (exact) mass is 516 g/mol. The summed E-state index contributed by atoms with van der Waals surface area (Å²) in [4.78, 5) is 26.3. The van der Waals surface area contributed by atoms with Crippen molar-refractivity contribution in [3.05, 3.63) is 101 Å². The molecule has 0 saturated carbocycles. The Labute approximate surface area is 199 Å². The summed E-state index contributed by atoms with van der Waals surface area (Å²) in [6, 6.07) is 9.21. The van der Waals surface area contributed by atoms with Gasteiger partial charge in [0.25, 0.3) is 5.91 Å². The first-order chi connectivity index (χ1) is 16.7. The second-order valence-corrected chi connectivity index (χ2v) is 7.64. The van der Waals surface area contributed by atoms with Crippen molar-refractivity contribution in [1.29, 1.82) is 0 Å². The van der Waals surface area contributed by atoms with Gasteiger partial charge in [0, 0.05) is 23.9 Å². The third kappa shape index (κ3) is 7.03. The molecule has 190 valence electrons. The molecule has 36 heavy (non-hydrogen) atoms. The number of benzene rings is 3. The fourth-order valence-electron chi connectivity index (χ4n) is 3.28. The van der Waals surface area contributed by atoms with Crippen molar-refractivity contribution in [1.82, 2.24) is 4.90 Å². The highest BCUT2D eigenvalue weighted by atomic mass is 19.4. The summed E-state index contributed by atoms with van der Waals surface area (Å²) < 4.78 is 105. The minimum absolute atomic E-state index is 0.111. The third-order valence-corrected chi connectivity index (χ3v) is 4.83. The molecule has 2 amide bonds. The van der Waals surface area contributed by atoms with Gasteiger partial charge in [-0.25, -0.2) is 8.78 Å². The van der Waals surface area contributed by atoms with Crippen LogP contribution in [0.25, 0.3) is 0 Å². The van der Waals surface area contributed by atoms with Gasteiger partial charge in [-0.3, -0.25) is 9.59 Å². The molecule has 12 heteroatoms. The van der Waals surface area contributed by atoms with Crippen molar-refractivity contribution < 1.29 is 44.7 Å². The first-order valence-corrected chi connectivity index (χ1v) is 10.1. The van der Waals surface area contributed by atoms with E-state index >= 15 is 0 Å². The lowest BCUT2D eigenvalue weighted by Gasteiger charge is -2.23. The Morgan fingerprint density at radius 1 is 0.750 bits per heavy atom. The van der Waals surface area contributed by atoms with Gasteiger partial charge in [-0.15, -0.1) is 0 Å². The highest BCUT2D eigenvalue weighted by Gasteiger charge is 2.32. The fourth-order valence-corrected chi connectivity index (χ4v) is 3.28. The topological polar surface area (TPSA) is 49.4 Å². The number of alkyl halides is 6. The molecule has 0 aromatic heterocycles. The van der Waals surface area contributed by atoms with Crippen molar-refractivity contribution in [3.63, 3.8) is 0 Å². The summed E-state index contributed by atoms with van der Waals surface area (Å²) >= 11 is 0. The van der Waals surface area contributed by atoms with Crippen LogP contribution >= 0.6 is 0 Å². The van der Waals surface area contributed by atoms with Gasteiger partial charge in [0.1, 0.15) is 18.2 Å². The number of nitrogens with zero attached hydrogens (tertiary/aromatic N) is 1. The maximum atomic E-state index is 13.6. The third-order valence-electron chi connectivity index (χ3n) is 4.83. The van der Waals surface area contributed by atoms with Crippen molar-refractivity contribution >= 4 is 17.5 Å². The molecule has 3 aromatic carbocycles. The van der Waals surface area contributed by atoms with Crippen LogP contribution in [-0.4, -0.2) is 23.3 Å². The van der Waals surface area contributed by atoms with Crippen molar-refractivity contribution in [3.8, 4) is 0 Å². The molecule has 4 nitrogen and oxygen atoms in total. The average Bonchev–Trinajstić information content (AvgIpc) is 2.76. The highest BCUT2D eigenvalue weighted by Crippen LogP contribution is 2.31. The standard InChI is InChI=1S/C24H16F8N2O2/c25-18-7-14(8-19(26)11-18)12-34(22(36)15-3-1-4-16(9-15)23(27,28)29)13-21(35)33-20-6-2-5-17(10-20)24(30,31)32/h1-11H,12-13H2,(H,33,35). The van der Waals surface area contributed by atoms with Crippen LogP contribution in [0.5, 0.6) is 0 Å². The van der Waals surface area contributed by atoms with E-state index in [2.05, 4.69) is 5.32 Å². The first-order valence-electron chi connectivity index (χ1n) is 10.1. The van der Waals surface area contributed by atoms with Crippen molar-refractivity contribution in [2.75, 3.05) is 11.9 Å². The molecule has 0 heterocycles. The summed E-state index contributed by atoms with van der Waals surface area (Å²) in [5, 5.41) is 2.17. The van der Waals surface area contributed by atoms with E-state index in [0.29, 0.717) is 23.1 Å². The number of hydrogen-bond acceptors (Lipinski definition) is 2. The Kier molecular flexibility index (Phi) is 7.65.